The second-order valence-electron chi connectivity index (χ2n) is 5.54. The number of carbonyl (C=O) groups excluding carboxylic acids is 2. The zero-order valence-electron chi connectivity index (χ0n) is 12.8. The summed E-state index contributed by atoms with van der Waals surface area (Å²) in [6.07, 6.45) is -4.52. The molecule has 0 radical (unpaired) electrons. The Balaban J connectivity index is 1.82. The number of halogens is 3. The van der Waals surface area contributed by atoms with Gasteiger partial charge in [-0.15, -0.1) is 5.10 Å². The molecule has 0 N–H and O–H groups in total. The fraction of sp³-hybridized carbons (Fsp3) is 0.462. The number of fused-ring (bicyclic) bond motifs is 1. The molecule has 0 saturated carbocycles. The molecule has 2 amide bonds. The van der Waals surface area contributed by atoms with E-state index in [-0.39, 0.29) is 11.6 Å². The first-order chi connectivity index (χ1) is 11.1. The van der Waals surface area contributed by atoms with Gasteiger partial charge < -0.3 is 9.80 Å². The third kappa shape index (κ3) is 3.01. The van der Waals surface area contributed by atoms with Crippen LogP contribution in [0.3, 0.4) is 0 Å². The minimum absolute atomic E-state index is 0.210. The molecule has 8 nitrogen and oxygen atoms in total. The Hall–Kier alpha value is -2.72. The maximum absolute atomic E-state index is 12.4. The maximum atomic E-state index is 12.4. The number of rotatable bonds is 2. The molecule has 0 spiro atoms. The molecule has 24 heavy (non-hydrogen) atoms. The van der Waals surface area contributed by atoms with Gasteiger partial charge in [0.15, 0.2) is 0 Å². The highest BCUT2D eigenvalue weighted by Crippen LogP contribution is 2.20. The molecule has 0 aliphatic carbocycles. The fourth-order valence-corrected chi connectivity index (χ4v) is 2.49. The Morgan fingerprint density at radius 3 is 2.67 bits per heavy atom. The van der Waals surface area contributed by atoms with E-state index in [2.05, 4.69) is 15.1 Å². The highest BCUT2D eigenvalue weighted by Gasteiger charge is 2.39. The molecule has 1 aliphatic rings. The van der Waals surface area contributed by atoms with E-state index < -0.39 is 37.7 Å². The van der Waals surface area contributed by atoms with Crippen LogP contribution in [-0.4, -0.2) is 67.1 Å². The van der Waals surface area contributed by atoms with E-state index >= 15 is 0 Å². The molecule has 1 aliphatic heterocycles. The summed E-state index contributed by atoms with van der Waals surface area (Å²) in [5.41, 5.74) is 1.40. The van der Waals surface area contributed by atoms with E-state index in [1.165, 1.54) is 4.52 Å². The third-order valence-electron chi connectivity index (χ3n) is 3.49. The normalized spacial score (nSPS) is 15.6. The first-order valence-corrected chi connectivity index (χ1v) is 6.99. The Labute approximate surface area is 133 Å². The van der Waals surface area contributed by atoms with Crippen molar-refractivity contribution >= 4 is 17.6 Å². The van der Waals surface area contributed by atoms with Gasteiger partial charge >= 0.3 is 6.18 Å². The molecule has 0 aromatic carbocycles. The lowest BCUT2D eigenvalue weighted by molar-refractivity contribution is -0.157. The van der Waals surface area contributed by atoms with E-state index in [9.17, 15) is 22.8 Å². The summed E-state index contributed by atoms with van der Waals surface area (Å²) in [5.74, 6) is -1.48. The molecule has 11 heteroatoms. The molecular formula is C13H13F3N6O2. The van der Waals surface area contributed by atoms with E-state index in [0.29, 0.717) is 16.3 Å². The van der Waals surface area contributed by atoms with Crippen molar-refractivity contribution in [2.75, 3.05) is 19.8 Å². The van der Waals surface area contributed by atoms with Gasteiger partial charge in [0.1, 0.15) is 13.1 Å². The average molecular weight is 342 g/mol. The van der Waals surface area contributed by atoms with Gasteiger partial charge in [-0.1, -0.05) is 0 Å². The number of aryl methyl sites for hydroxylation is 2. The summed E-state index contributed by atoms with van der Waals surface area (Å²) < 4.78 is 38.6. The van der Waals surface area contributed by atoms with Crippen LogP contribution in [0.5, 0.6) is 0 Å². The van der Waals surface area contributed by atoms with Gasteiger partial charge in [-0.3, -0.25) is 9.59 Å². The summed E-state index contributed by atoms with van der Waals surface area (Å²) in [5, 5.41) is 4.02. The van der Waals surface area contributed by atoms with Crippen molar-refractivity contribution in [2.45, 2.75) is 20.0 Å². The smallest absolute Gasteiger partial charge is 0.314 e. The van der Waals surface area contributed by atoms with Crippen LogP contribution in [0.15, 0.2) is 6.07 Å². The molecule has 2 aromatic heterocycles. The van der Waals surface area contributed by atoms with Gasteiger partial charge in [0, 0.05) is 11.4 Å². The highest BCUT2D eigenvalue weighted by molar-refractivity contribution is 5.95. The molecule has 3 rings (SSSR count). The second kappa shape index (κ2) is 5.42. The number of nitrogens with zero attached hydrogens (tertiary/aromatic N) is 6. The topological polar surface area (TPSA) is 83.7 Å². The van der Waals surface area contributed by atoms with Crippen molar-refractivity contribution in [2.24, 2.45) is 0 Å². The van der Waals surface area contributed by atoms with E-state index in [1.807, 2.05) is 0 Å². The summed E-state index contributed by atoms with van der Waals surface area (Å²) >= 11 is 0. The molecule has 0 atom stereocenters. The Kier molecular flexibility index (Phi) is 3.65. The predicted octanol–water partition coefficient (Wildman–Crippen LogP) is 0.545. The molecule has 2 aromatic rings. The van der Waals surface area contributed by atoms with E-state index in [0.717, 1.165) is 4.90 Å². The number of aromatic nitrogens is 4. The lowest BCUT2D eigenvalue weighted by Crippen LogP contribution is -2.37. The van der Waals surface area contributed by atoms with Crippen molar-refractivity contribution in [1.29, 1.82) is 0 Å². The number of amides is 2. The number of carbonyl (C=O) groups is 2. The lowest BCUT2D eigenvalue weighted by Gasteiger charge is -2.18. The zero-order valence-corrected chi connectivity index (χ0v) is 12.8. The van der Waals surface area contributed by atoms with Crippen LogP contribution < -0.4 is 0 Å². The Bertz CT molecular complexity index is 831. The first kappa shape index (κ1) is 16.1. The van der Waals surface area contributed by atoms with Crippen LogP contribution >= 0.6 is 0 Å². The van der Waals surface area contributed by atoms with Gasteiger partial charge in [-0.2, -0.15) is 18.2 Å². The van der Waals surface area contributed by atoms with Gasteiger partial charge in [-0.05, 0) is 19.9 Å². The number of hydrogen-bond acceptors (Lipinski definition) is 5. The molecule has 0 bridgehead atoms. The summed E-state index contributed by atoms with van der Waals surface area (Å²) in [6.45, 7) is 1.24. The summed E-state index contributed by atoms with van der Waals surface area (Å²) in [4.78, 5) is 33.7. The van der Waals surface area contributed by atoms with Crippen LogP contribution in [0.25, 0.3) is 5.78 Å². The fourth-order valence-electron chi connectivity index (χ4n) is 2.49. The standard InChI is InChI=1S/C13H13F3N6O2/c1-7-3-8(2)22-12(17-7)18-10(19-22)11(24)20-4-9(23)21(6-20)5-13(14,15)16/h3H,4-6H2,1-2H3. The molecule has 3 heterocycles. The Morgan fingerprint density at radius 2 is 2.00 bits per heavy atom. The van der Waals surface area contributed by atoms with E-state index in [1.54, 1.807) is 19.9 Å². The Morgan fingerprint density at radius 1 is 1.29 bits per heavy atom. The second-order valence-corrected chi connectivity index (χ2v) is 5.54. The number of alkyl halides is 3. The van der Waals surface area contributed by atoms with Crippen molar-refractivity contribution in [3.63, 3.8) is 0 Å². The molecule has 0 unspecified atom stereocenters. The van der Waals surface area contributed by atoms with Crippen LogP contribution in [0.2, 0.25) is 0 Å². The number of hydrogen-bond donors (Lipinski definition) is 0. The highest BCUT2D eigenvalue weighted by atomic mass is 19.4. The molecular weight excluding hydrogens is 329 g/mol. The molecule has 1 fully saturated rings. The van der Waals surface area contributed by atoms with Crippen LogP contribution in [0.4, 0.5) is 13.2 Å². The molecule has 1 saturated heterocycles. The summed E-state index contributed by atoms with van der Waals surface area (Å²) in [6, 6.07) is 1.75. The van der Waals surface area contributed by atoms with Gasteiger partial charge in [0.2, 0.25) is 11.7 Å². The van der Waals surface area contributed by atoms with Crippen molar-refractivity contribution in [3.05, 3.63) is 23.3 Å². The van der Waals surface area contributed by atoms with Gasteiger partial charge in [0.25, 0.3) is 11.7 Å². The molecule has 128 valence electrons. The van der Waals surface area contributed by atoms with Crippen LogP contribution in [0, 0.1) is 13.8 Å². The quantitative estimate of drug-likeness (QED) is 0.796. The average Bonchev–Trinajstić information content (AvgIpc) is 3.01. The SMILES string of the molecule is Cc1cc(C)n2nc(C(=O)N3CC(=O)N(CC(F)(F)F)C3)nc2n1. The van der Waals surface area contributed by atoms with Crippen LogP contribution in [0.1, 0.15) is 22.0 Å². The maximum Gasteiger partial charge on any atom is 0.406 e. The third-order valence-corrected chi connectivity index (χ3v) is 3.49. The zero-order chi connectivity index (χ0) is 17.6. The van der Waals surface area contributed by atoms with Crippen molar-refractivity contribution in [1.82, 2.24) is 29.4 Å². The minimum Gasteiger partial charge on any atom is -0.314 e. The summed E-state index contributed by atoms with van der Waals surface area (Å²) in [7, 11) is 0. The van der Waals surface area contributed by atoms with Gasteiger partial charge in [-0.25, -0.2) is 9.50 Å². The van der Waals surface area contributed by atoms with Crippen LogP contribution in [-0.2, 0) is 4.79 Å². The minimum atomic E-state index is -4.52. The lowest BCUT2D eigenvalue weighted by atomic mass is 10.4. The van der Waals surface area contributed by atoms with Crippen molar-refractivity contribution < 1.29 is 22.8 Å². The largest absolute Gasteiger partial charge is 0.406 e. The predicted molar refractivity (Wildman–Crippen MR) is 73.9 cm³/mol. The van der Waals surface area contributed by atoms with Gasteiger partial charge in [0.05, 0.1) is 6.67 Å². The van der Waals surface area contributed by atoms with E-state index in [4.69, 9.17) is 0 Å². The van der Waals surface area contributed by atoms with Crippen molar-refractivity contribution in [3.8, 4) is 0 Å². The first-order valence-electron chi connectivity index (χ1n) is 6.99. The monoisotopic (exact) mass is 342 g/mol.